The molecule has 0 unspecified atom stereocenters. The first-order chi connectivity index (χ1) is 8.02. The van der Waals surface area contributed by atoms with Gasteiger partial charge >= 0.3 is 6.09 Å². The van der Waals surface area contributed by atoms with Gasteiger partial charge in [0.15, 0.2) is 5.11 Å². The predicted octanol–water partition coefficient (Wildman–Crippen LogP) is 2.55. The van der Waals surface area contributed by atoms with Crippen molar-refractivity contribution in [3.05, 3.63) is 28.2 Å². The van der Waals surface area contributed by atoms with Gasteiger partial charge in [-0.15, -0.1) is 0 Å². The molecule has 0 aliphatic carbocycles. The summed E-state index contributed by atoms with van der Waals surface area (Å²) in [7, 11) is 1.24. The molecule has 3 N–H and O–H groups in total. The van der Waals surface area contributed by atoms with Crippen molar-refractivity contribution in [2.75, 3.05) is 12.4 Å². The van der Waals surface area contributed by atoms with Crippen LogP contribution in [0.4, 0.5) is 10.5 Å². The number of ether oxygens (including phenoxy) is 1. The Morgan fingerprint density at radius 2 is 2.00 bits per heavy atom. The van der Waals surface area contributed by atoms with E-state index in [9.17, 15) is 4.79 Å². The van der Waals surface area contributed by atoms with Crippen molar-refractivity contribution in [1.29, 1.82) is 0 Å². The monoisotopic (exact) mass is 293 g/mol. The highest BCUT2D eigenvalue weighted by molar-refractivity contribution is 7.80. The van der Waals surface area contributed by atoms with Crippen molar-refractivity contribution in [2.24, 2.45) is 0 Å². The number of amides is 1. The lowest BCUT2D eigenvalue weighted by Gasteiger charge is -2.11. The van der Waals surface area contributed by atoms with E-state index >= 15 is 0 Å². The molecular formula is C9H9Cl2N3O2S. The van der Waals surface area contributed by atoms with Gasteiger partial charge in [0.25, 0.3) is 0 Å². The standard InChI is InChI=1S/C9H9Cl2N3O2S/c1-16-9(15)14-13-8(17)12-5-2-3-6(10)7(11)4-5/h2-4H,1H3,(H,14,15)(H2,12,13,17). The average Bonchev–Trinajstić information content (AvgIpc) is 2.31. The number of carbonyl (C=O) groups is 1. The third kappa shape index (κ3) is 4.64. The Balaban J connectivity index is 2.50. The highest BCUT2D eigenvalue weighted by Crippen LogP contribution is 2.24. The Kier molecular flexibility index (Phi) is 5.27. The van der Waals surface area contributed by atoms with E-state index in [4.69, 9.17) is 35.4 Å². The Bertz CT molecular complexity index is 442. The number of hydrazine groups is 1. The van der Waals surface area contributed by atoms with Crippen LogP contribution in [0.25, 0.3) is 0 Å². The molecule has 0 fully saturated rings. The van der Waals surface area contributed by atoms with E-state index in [0.717, 1.165) is 0 Å². The summed E-state index contributed by atoms with van der Waals surface area (Å²) in [6.45, 7) is 0. The minimum Gasteiger partial charge on any atom is -0.452 e. The van der Waals surface area contributed by atoms with E-state index in [-0.39, 0.29) is 5.11 Å². The molecule has 0 aromatic heterocycles. The van der Waals surface area contributed by atoms with Gasteiger partial charge in [0.2, 0.25) is 0 Å². The molecule has 0 saturated carbocycles. The van der Waals surface area contributed by atoms with Crippen molar-refractivity contribution in [3.63, 3.8) is 0 Å². The van der Waals surface area contributed by atoms with Crippen molar-refractivity contribution in [2.45, 2.75) is 0 Å². The van der Waals surface area contributed by atoms with Crippen molar-refractivity contribution in [1.82, 2.24) is 10.9 Å². The first kappa shape index (κ1) is 13.8. The summed E-state index contributed by atoms with van der Waals surface area (Å²) in [5, 5.41) is 3.84. The first-order valence-corrected chi connectivity index (χ1v) is 5.55. The third-order valence-corrected chi connectivity index (χ3v) is 2.58. The Hall–Kier alpha value is -1.24. The molecule has 0 atom stereocenters. The molecule has 1 rings (SSSR count). The molecular weight excluding hydrogens is 285 g/mol. The third-order valence-electron chi connectivity index (χ3n) is 1.64. The zero-order chi connectivity index (χ0) is 12.8. The number of thiocarbonyl (C=S) groups is 1. The highest BCUT2D eigenvalue weighted by Gasteiger charge is 2.02. The van der Waals surface area contributed by atoms with Gasteiger partial charge in [-0.25, -0.2) is 10.2 Å². The van der Waals surface area contributed by atoms with Crippen LogP contribution in [0.15, 0.2) is 18.2 Å². The van der Waals surface area contributed by atoms with Crippen LogP contribution >= 0.6 is 35.4 Å². The second-order valence-corrected chi connectivity index (χ2v) is 4.05. The number of rotatable bonds is 1. The zero-order valence-corrected chi connectivity index (χ0v) is 11.0. The zero-order valence-electron chi connectivity index (χ0n) is 8.71. The van der Waals surface area contributed by atoms with Crippen LogP contribution in [0.3, 0.4) is 0 Å². The molecule has 0 spiro atoms. The van der Waals surface area contributed by atoms with Crippen LogP contribution in [-0.2, 0) is 4.74 Å². The summed E-state index contributed by atoms with van der Waals surface area (Å²) in [6.07, 6.45) is -0.650. The van der Waals surface area contributed by atoms with Crippen LogP contribution in [0.1, 0.15) is 0 Å². The number of halogens is 2. The summed E-state index contributed by atoms with van der Waals surface area (Å²) >= 11 is 16.5. The maximum atomic E-state index is 10.7. The fourth-order valence-corrected chi connectivity index (χ4v) is 1.36. The van der Waals surface area contributed by atoms with Crippen LogP contribution in [-0.4, -0.2) is 18.3 Å². The Labute approximate surface area is 113 Å². The second kappa shape index (κ2) is 6.48. The number of methoxy groups -OCH3 is 1. The van der Waals surface area contributed by atoms with Gasteiger partial charge < -0.3 is 10.1 Å². The quantitative estimate of drug-likeness (QED) is 0.549. The topological polar surface area (TPSA) is 62.4 Å². The highest BCUT2D eigenvalue weighted by atomic mass is 35.5. The van der Waals surface area contributed by atoms with Gasteiger partial charge in [-0.3, -0.25) is 5.43 Å². The van der Waals surface area contributed by atoms with Gasteiger partial charge in [-0.05, 0) is 30.4 Å². The predicted molar refractivity (Wildman–Crippen MR) is 71.4 cm³/mol. The van der Waals surface area contributed by atoms with Crippen molar-refractivity contribution in [3.8, 4) is 0 Å². The Morgan fingerprint density at radius 1 is 1.29 bits per heavy atom. The fourth-order valence-electron chi connectivity index (χ4n) is 0.895. The number of hydrogen-bond donors (Lipinski definition) is 3. The Morgan fingerprint density at radius 3 is 2.59 bits per heavy atom. The van der Waals surface area contributed by atoms with Gasteiger partial charge in [0.05, 0.1) is 17.2 Å². The molecule has 0 aliphatic heterocycles. The van der Waals surface area contributed by atoms with E-state index in [1.165, 1.54) is 7.11 Å². The molecule has 1 aromatic carbocycles. The van der Waals surface area contributed by atoms with Crippen LogP contribution in [0.2, 0.25) is 10.0 Å². The molecule has 5 nitrogen and oxygen atoms in total. The van der Waals surface area contributed by atoms with E-state index in [1.807, 2.05) is 0 Å². The van der Waals surface area contributed by atoms with E-state index < -0.39 is 6.09 Å². The van der Waals surface area contributed by atoms with Crippen molar-refractivity contribution < 1.29 is 9.53 Å². The lowest BCUT2D eigenvalue weighted by molar-refractivity contribution is 0.169. The minimum absolute atomic E-state index is 0.189. The van der Waals surface area contributed by atoms with Crippen LogP contribution < -0.4 is 16.2 Å². The molecule has 17 heavy (non-hydrogen) atoms. The van der Waals surface area contributed by atoms with Gasteiger partial charge in [0.1, 0.15) is 0 Å². The second-order valence-electron chi connectivity index (χ2n) is 2.82. The van der Waals surface area contributed by atoms with Gasteiger partial charge in [-0.1, -0.05) is 23.2 Å². The maximum absolute atomic E-state index is 10.7. The van der Waals surface area contributed by atoms with E-state index in [2.05, 4.69) is 20.9 Å². The van der Waals surface area contributed by atoms with E-state index in [1.54, 1.807) is 18.2 Å². The summed E-state index contributed by atoms with van der Waals surface area (Å²) in [4.78, 5) is 10.7. The first-order valence-electron chi connectivity index (χ1n) is 4.39. The normalized spacial score (nSPS) is 9.35. The lowest BCUT2D eigenvalue weighted by Crippen LogP contribution is -2.43. The van der Waals surface area contributed by atoms with E-state index in [0.29, 0.717) is 15.7 Å². The minimum atomic E-state index is -0.650. The average molecular weight is 294 g/mol. The molecule has 92 valence electrons. The summed E-state index contributed by atoms with van der Waals surface area (Å²) in [5.74, 6) is 0. The molecule has 1 aromatic rings. The van der Waals surface area contributed by atoms with Crippen LogP contribution in [0.5, 0.6) is 0 Å². The van der Waals surface area contributed by atoms with Gasteiger partial charge in [0, 0.05) is 5.69 Å². The van der Waals surface area contributed by atoms with Gasteiger partial charge in [-0.2, -0.15) is 0 Å². The molecule has 0 heterocycles. The molecule has 0 radical (unpaired) electrons. The number of carbonyl (C=O) groups excluding carboxylic acids is 1. The van der Waals surface area contributed by atoms with Crippen LogP contribution in [0, 0.1) is 0 Å². The summed E-state index contributed by atoms with van der Waals surface area (Å²) < 4.78 is 4.35. The molecule has 0 bridgehead atoms. The summed E-state index contributed by atoms with van der Waals surface area (Å²) in [6, 6.07) is 4.93. The summed E-state index contributed by atoms with van der Waals surface area (Å²) in [5.41, 5.74) is 5.28. The number of hydrogen-bond acceptors (Lipinski definition) is 3. The fraction of sp³-hybridized carbons (Fsp3) is 0.111. The SMILES string of the molecule is COC(=O)NNC(=S)Nc1ccc(Cl)c(Cl)c1. The smallest absolute Gasteiger partial charge is 0.425 e. The molecule has 0 aliphatic rings. The molecule has 0 saturated heterocycles. The maximum Gasteiger partial charge on any atom is 0.425 e. The lowest BCUT2D eigenvalue weighted by atomic mass is 10.3. The number of nitrogens with one attached hydrogen (secondary N) is 3. The molecule has 8 heteroatoms. The largest absolute Gasteiger partial charge is 0.452 e. The number of benzene rings is 1. The van der Waals surface area contributed by atoms with Crippen molar-refractivity contribution >= 4 is 52.3 Å². The molecule has 1 amide bonds. The number of anilines is 1.